The van der Waals surface area contributed by atoms with Crippen LogP contribution in [0.4, 0.5) is 10.5 Å². The summed E-state index contributed by atoms with van der Waals surface area (Å²) in [6, 6.07) is 10.3. The number of carbonyl (C=O) groups excluding carboxylic acids is 3. The highest BCUT2D eigenvalue weighted by Crippen LogP contribution is 2.50. The van der Waals surface area contributed by atoms with Crippen molar-refractivity contribution >= 4 is 34.2 Å². The molecule has 6 N–H and O–H groups in total. The number of piperidine rings is 2. The molecule has 3 aromatic rings. The molecule has 16 nitrogen and oxygen atoms in total. The van der Waals surface area contributed by atoms with Gasteiger partial charge in [-0.2, -0.15) is 0 Å². The number of Topliss-reactive ketones (excluding diaryl/α,β-unsaturated/α-hetero) is 1. The largest absolute Gasteiger partial charge is 0.507 e. The van der Waals surface area contributed by atoms with Crippen LogP contribution in [0.1, 0.15) is 115 Å². The molecule has 3 aromatic carbocycles. The van der Waals surface area contributed by atoms with Crippen LogP contribution in [-0.4, -0.2) is 118 Å². The number of nitrogens with zero attached hydrogens (tertiary/aromatic N) is 4. The number of hydrogen-bond donors (Lipinski definition) is 6. The fourth-order valence-electron chi connectivity index (χ4n) is 11.2. The molecule has 6 aliphatic rings. The summed E-state index contributed by atoms with van der Waals surface area (Å²) in [6.07, 6.45) is 10.3. The van der Waals surface area contributed by atoms with Crippen LogP contribution in [0.2, 0.25) is 0 Å². The minimum Gasteiger partial charge on any atom is -0.507 e. The number of phenols is 2. The molecule has 1 spiro atoms. The van der Waals surface area contributed by atoms with Crippen molar-refractivity contribution in [2.45, 2.75) is 137 Å². The molecule has 5 bridgehead atoms. The van der Waals surface area contributed by atoms with Gasteiger partial charge in [0.25, 0.3) is 11.7 Å². The zero-order valence-corrected chi connectivity index (χ0v) is 44.4. The topological polar surface area (TPSA) is 215 Å². The maximum absolute atomic E-state index is 14.8. The SMILES string of the molecule is C/C1=C/C=C/C(C)C[C@@H](C)C(O)[C@@H](C)C(OC(=O)NC2CCN(Cc3ccccc3)CC2)[C@H](C)C/C=C/OC2(C)Oc3c(C)c(O)c4c(O)c(c5c(c4c3C2=O)=NC2(CCN(CC(C)C)CC2)N=5)NC1=O.CO. The lowest BCUT2D eigenvalue weighted by molar-refractivity contribution is -0.112. The highest BCUT2D eigenvalue weighted by Gasteiger charge is 2.50. The normalized spacial score (nSPS) is 28.6. The maximum Gasteiger partial charge on any atom is 0.407 e. The number of ether oxygens (including phenoxy) is 3. The number of anilines is 1. The number of allylic oxidation sites excluding steroid dienone is 4. The van der Waals surface area contributed by atoms with E-state index in [9.17, 15) is 29.7 Å². The number of amides is 2. The van der Waals surface area contributed by atoms with Crippen molar-refractivity contribution in [1.82, 2.24) is 15.1 Å². The summed E-state index contributed by atoms with van der Waals surface area (Å²) < 4.78 is 18.8. The number of hydrogen-bond acceptors (Lipinski definition) is 14. The van der Waals surface area contributed by atoms with E-state index in [1.165, 1.54) is 18.7 Å². The average Bonchev–Trinajstić information content (AvgIpc) is 3.87. The van der Waals surface area contributed by atoms with E-state index in [4.69, 9.17) is 29.3 Å². The van der Waals surface area contributed by atoms with Gasteiger partial charge in [-0.25, -0.2) is 4.79 Å². The molecular formula is C57H78N6O10. The quantitative estimate of drug-likeness (QED) is 0.132. The first-order valence-electron chi connectivity index (χ1n) is 26.1. The Morgan fingerprint density at radius 2 is 1.60 bits per heavy atom. The molecule has 0 aromatic heterocycles. The second-order valence-electron chi connectivity index (χ2n) is 21.6. The second kappa shape index (κ2) is 23.2. The number of rotatable bonds is 6. The van der Waals surface area contributed by atoms with E-state index in [0.717, 1.165) is 59.2 Å². The Bertz CT molecular complexity index is 2720. The number of benzene rings is 3. The van der Waals surface area contributed by atoms with Crippen molar-refractivity contribution < 1.29 is 49.0 Å². The monoisotopic (exact) mass is 1010 g/mol. The van der Waals surface area contributed by atoms with Crippen LogP contribution in [0.15, 0.2) is 76.5 Å². The maximum atomic E-state index is 14.8. The lowest BCUT2D eigenvalue weighted by Gasteiger charge is -2.36. The molecule has 6 heterocycles. The van der Waals surface area contributed by atoms with E-state index in [2.05, 4.69) is 46.4 Å². The van der Waals surface area contributed by atoms with Gasteiger partial charge < -0.3 is 50.2 Å². The number of phenolic OH excluding ortho intramolecular Hbond substituents is 2. The Morgan fingerprint density at radius 1 is 0.932 bits per heavy atom. The van der Waals surface area contributed by atoms with Crippen molar-refractivity contribution in [2.75, 3.05) is 45.2 Å². The average molecular weight is 1010 g/mol. The number of carbonyl (C=O) groups is 3. The van der Waals surface area contributed by atoms with Gasteiger partial charge in [-0.05, 0) is 74.8 Å². The Kier molecular flexibility index (Phi) is 17.4. The number of likely N-dealkylation sites (tertiary alicyclic amines) is 2. The Labute approximate surface area is 429 Å². The Morgan fingerprint density at radius 3 is 2.27 bits per heavy atom. The summed E-state index contributed by atoms with van der Waals surface area (Å²) in [5.41, 5.74) is 0.946. The molecule has 396 valence electrons. The third-order valence-corrected chi connectivity index (χ3v) is 15.3. The van der Waals surface area contributed by atoms with Crippen molar-refractivity contribution in [2.24, 2.45) is 39.6 Å². The second-order valence-corrected chi connectivity index (χ2v) is 21.6. The van der Waals surface area contributed by atoms with Gasteiger partial charge >= 0.3 is 11.9 Å². The molecule has 2 fully saturated rings. The van der Waals surface area contributed by atoms with Gasteiger partial charge in [-0.1, -0.05) is 90.1 Å². The summed E-state index contributed by atoms with van der Waals surface area (Å²) >= 11 is 0. The number of ketones is 1. The highest BCUT2D eigenvalue weighted by molar-refractivity contribution is 6.19. The summed E-state index contributed by atoms with van der Waals surface area (Å²) in [7, 11) is 1.00. The van der Waals surface area contributed by atoms with E-state index < -0.39 is 53.1 Å². The summed E-state index contributed by atoms with van der Waals surface area (Å²) in [5.74, 6) is -4.09. The summed E-state index contributed by atoms with van der Waals surface area (Å²) in [5, 5.41) is 49.7. The summed E-state index contributed by atoms with van der Waals surface area (Å²) in [4.78, 5) is 57.8. The van der Waals surface area contributed by atoms with Crippen LogP contribution in [0, 0.1) is 36.5 Å². The number of nitrogens with one attached hydrogen (secondary N) is 2. The summed E-state index contributed by atoms with van der Waals surface area (Å²) in [6.45, 7) is 21.9. The van der Waals surface area contributed by atoms with Crippen LogP contribution in [0.3, 0.4) is 0 Å². The standard InChI is InChI=1S/C56H74N6O9.CH4O/c1-32(2)30-62-26-22-56(23-27-62)59-44-41-42-48(64)38(8)51-43(41)52(66)55(9,71-51)69-28-14-17-34(4)50(70-54(68)57-40-20-24-61(25-21-40)31-39-18-11-10-12-19-39)37(7)47(63)36(6)29-33(3)15-13-16-35(5)53(67)58-46(49(42)65)45(44)60-56;1-2/h10-16,18-19,28,32-34,36-37,40,47,50,63-65H,17,20-27,29-31H2,1-9H3,(H,57,68)(H,58,67);2H,1H3/b15-13+,28-14+,35-16-;/t33?,34-,36-,37-,47?,50?,55?;/m1./s1. The molecule has 2 amide bonds. The first-order valence-corrected chi connectivity index (χ1v) is 26.1. The van der Waals surface area contributed by atoms with E-state index in [0.29, 0.717) is 37.2 Å². The van der Waals surface area contributed by atoms with Gasteiger partial charge in [0.05, 0.1) is 28.7 Å². The van der Waals surface area contributed by atoms with Gasteiger partial charge in [-0.15, -0.1) is 0 Å². The Hall–Kier alpha value is -5.81. The van der Waals surface area contributed by atoms with Gasteiger partial charge in [0.2, 0.25) is 0 Å². The molecule has 0 saturated carbocycles. The zero-order valence-electron chi connectivity index (χ0n) is 44.4. The van der Waals surface area contributed by atoms with Crippen LogP contribution < -0.4 is 26.1 Å². The van der Waals surface area contributed by atoms with Gasteiger partial charge in [0.15, 0.2) is 11.4 Å². The number of aromatic hydroxyl groups is 2. The fraction of sp³-hybridized carbons (Fsp3) is 0.561. The van der Waals surface area contributed by atoms with E-state index in [1.807, 2.05) is 58.0 Å². The van der Waals surface area contributed by atoms with Crippen molar-refractivity contribution in [1.29, 1.82) is 0 Å². The van der Waals surface area contributed by atoms with Crippen molar-refractivity contribution in [3.8, 4) is 17.2 Å². The minimum absolute atomic E-state index is 0.00377. The van der Waals surface area contributed by atoms with Gasteiger partial charge in [0.1, 0.15) is 28.6 Å². The van der Waals surface area contributed by atoms with Gasteiger partial charge in [0, 0.05) is 94.6 Å². The van der Waals surface area contributed by atoms with Crippen molar-refractivity contribution in [3.05, 3.63) is 93.9 Å². The van der Waals surface area contributed by atoms with E-state index in [1.54, 1.807) is 26.0 Å². The molecule has 2 saturated heterocycles. The Balaban J connectivity index is 0.00000385. The minimum atomic E-state index is -1.89. The molecule has 6 aliphatic heterocycles. The molecular weight excluding hydrogens is 929 g/mol. The number of fused-ring (bicyclic) bond motifs is 13. The van der Waals surface area contributed by atoms with Crippen LogP contribution in [-0.2, 0) is 20.8 Å². The number of alkyl carbamates (subject to hydrolysis) is 1. The third kappa shape index (κ3) is 11.9. The number of aliphatic hydroxyl groups is 2. The smallest absolute Gasteiger partial charge is 0.407 e. The lowest BCUT2D eigenvalue weighted by Crippen LogP contribution is -2.47. The van der Waals surface area contributed by atoms with E-state index in [-0.39, 0.29) is 73.6 Å². The molecule has 7 atom stereocenters. The lowest BCUT2D eigenvalue weighted by atomic mass is 9.80. The van der Waals surface area contributed by atoms with E-state index >= 15 is 0 Å². The van der Waals surface area contributed by atoms with Gasteiger partial charge in [-0.3, -0.25) is 24.5 Å². The van der Waals surface area contributed by atoms with Crippen LogP contribution >= 0.6 is 0 Å². The molecule has 9 rings (SSSR count). The highest BCUT2D eigenvalue weighted by atomic mass is 16.7. The fourth-order valence-corrected chi connectivity index (χ4v) is 11.2. The third-order valence-electron chi connectivity index (χ3n) is 15.3. The van der Waals surface area contributed by atoms with Crippen LogP contribution in [0.25, 0.3) is 10.8 Å². The van der Waals surface area contributed by atoms with Crippen LogP contribution in [0.5, 0.6) is 17.2 Å². The van der Waals surface area contributed by atoms with Crippen molar-refractivity contribution in [3.63, 3.8) is 0 Å². The molecule has 73 heavy (non-hydrogen) atoms. The molecule has 16 heteroatoms. The molecule has 0 radical (unpaired) electrons. The predicted octanol–water partition coefficient (Wildman–Crippen LogP) is 7.59. The molecule has 0 aliphatic carbocycles. The number of aliphatic hydroxyl groups excluding tert-OH is 2. The first kappa shape index (κ1) is 55.0. The zero-order chi connectivity index (χ0) is 52.9. The molecule has 4 unspecified atom stereocenters. The predicted molar refractivity (Wildman–Crippen MR) is 281 cm³/mol. The first-order chi connectivity index (χ1) is 34.8.